The van der Waals surface area contributed by atoms with Crippen molar-refractivity contribution in [3.8, 4) is 11.4 Å². The van der Waals surface area contributed by atoms with E-state index in [9.17, 15) is 4.79 Å². The first-order chi connectivity index (χ1) is 12.5. The number of hydrogen-bond acceptors (Lipinski definition) is 5. The first-order valence-electron chi connectivity index (χ1n) is 8.33. The van der Waals surface area contributed by atoms with Crippen molar-refractivity contribution in [1.29, 1.82) is 0 Å². The van der Waals surface area contributed by atoms with E-state index in [2.05, 4.69) is 16.8 Å². The third-order valence-corrected chi connectivity index (χ3v) is 5.12. The second-order valence-corrected chi connectivity index (χ2v) is 7.07. The van der Waals surface area contributed by atoms with Gasteiger partial charge < -0.3 is 4.42 Å². The standard InChI is InChI=1S/C20H21N3O2S/c1-5-9-23-19(16-8-10-25-15(16)4)21-22-20(23)26-12-18(24)17-11-13(2)6-7-14(17)3/h5-8,10-11H,1,9,12H2,2-4H3. The minimum Gasteiger partial charge on any atom is -0.469 e. The number of furan rings is 1. The number of carbonyl (C=O) groups excluding carboxylic acids is 1. The summed E-state index contributed by atoms with van der Waals surface area (Å²) in [5.74, 6) is 1.90. The van der Waals surface area contributed by atoms with E-state index < -0.39 is 0 Å². The summed E-state index contributed by atoms with van der Waals surface area (Å²) in [4.78, 5) is 12.6. The number of Topliss-reactive ketones (excluding diaryl/α,β-unsaturated/α-hetero) is 1. The first kappa shape index (κ1) is 18.2. The Kier molecular flexibility index (Phi) is 5.42. The molecular formula is C20H21N3O2S. The number of rotatable bonds is 7. The smallest absolute Gasteiger partial charge is 0.192 e. The number of nitrogens with zero attached hydrogens (tertiary/aromatic N) is 3. The van der Waals surface area contributed by atoms with Crippen LogP contribution in [0.5, 0.6) is 0 Å². The highest BCUT2D eigenvalue weighted by atomic mass is 32.2. The van der Waals surface area contributed by atoms with Crippen LogP contribution in [0.4, 0.5) is 0 Å². The van der Waals surface area contributed by atoms with Crippen LogP contribution >= 0.6 is 11.8 Å². The van der Waals surface area contributed by atoms with E-state index in [4.69, 9.17) is 4.42 Å². The molecule has 0 saturated carbocycles. The van der Waals surface area contributed by atoms with Crippen LogP contribution in [-0.4, -0.2) is 26.3 Å². The molecular weight excluding hydrogens is 346 g/mol. The number of thioether (sulfide) groups is 1. The summed E-state index contributed by atoms with van der Waals surface area (Å²) >= 11 is 1.39. The SMILES string of the molecule is C=CCn1c(SCC(=O)c2cc(C)ccc2C)nnc1-c1ccoc1C. The molecule has 26 heavy (non-hydrogen) atoms. The van der Waals surface area contributed by atoms with Crippen LogP contribution in [0, 0.1) is 20.8 Å². The van der Waals surface area contributed by atoms with Crippen molar-refractivity contribution in [2.75, 3.05) is 5.75 Å². The Balaban J connectivity index is 1.83. The van der Waals surface area contributed by atoms with Crippen LogP contribution in [0.25, 0.3) is 11.4 Å². The molecule has 0 saturated heterocycles. The third-order valence-electron chi connectivity index (χ3n) is 4.15. The van der Waals surface area contributed by atoms with E-state index in [1.807, 2.05) is 49.6 Å². The highest BCUT2D eigenvalue weighted by Crippen LogP contribution is 2.27. The van der Waals surface area contributed by atoms with E-state index in [1.54, 1.807) is 12.3 Å². The summed E-state index contributed by atoms with van der Waals surface area (Å²) < 4.78 is 7.32. The number of aromatic nitrogens is 3. The molecule has 1 aromatic carbocycles. The van der Waals surface area contributed by atoms with Gasteiger partial charge in [0.05, 0.1) is 17.6 Å². The zero-order valence-corrected chi connectivity index (χ0v) is 16.0. The monoisotopic (exact) mass is 367 g/mol. The maximum Gasteiger partial charge on any atom is 0.192 e. The van der Waals surface area contributed by atoms with Crippen molar-refractivity contribution in [3.05, 3.63) is 65.6 Å². The molecule has 0 unspecified atom stereocenters. The molecule has 0 bridgehead atoms. The van der Waals surface area contributed by atoms with Gasteiger partial charge in [-0.1, -0.05) is 35.5 Å². The van der Waals surface area contributed by atoms with Crippen molar-refractivity contribution in [1.82, 2.24) is 14.8 Å². The number of carbonyl (C=O) groups is 1. The van der Waals surface area contributed by atoms with Crippen molar-refractivity contribution in [2.45, 2.75) is 32.5 Å². The fourth-order valence-electron chi connectivity index (χ4n) is 2.75. The Labute approximate surface area is 157 Å². The lowest BCUT2D eigenvalue weighted by Crippen LogP contribution is -2.07. The summed E-state index contributed by atoms with van der Waals surface area (Å²) in [5, 5.41) is 9.26. The van der Waals surface area contributed by atoms with Crippen LogP contribution in [0.3, 0.4) is 0 Å². The minimum atomic E-state index is 0.0883. The maximum absolute atomic E-state index is 12.6. The maximum atomic E-state index is 12.6. The van der Waals surface area contributed by atoms with Crippen LogP contribution < -0.4 is 0 Å². The molecule has 3 aromatic rings. The van der Waals surface area contributed by atoms with E-state index in [1.165, 1.54) is 11.8 Å². The van der Waals surface area contributed by atoms with Gasteiger partial charge in [0, 0.05) is 12.1 Å². The molecule has 0 aliphatic carbocycles. The largest absolute Gasteiger partial charge is 0.469 e. The van der Waals surface area contributed by atoms with E-state index >= 15 is 0 Å². The average Bonchev–Trinajstić information content (AvgIpc) is 3.21. The van der Waals surface area contributed by atoms with Gasteiger partial charge in [-0.05, 0) is 38.5 Å². The van der Waals surface area contributed by atoms with Crippen molar-refractivity contribution >= 4 is 17.5 Å². The molecule has 2 heterocycles. The molecule has 0 atom stereocenters. The highest BCUT2D eigenvalue weighted by molar-refractivity contribution is 7.99. The van der Waals surface area contributed by atoms with Crippen molar-refractivity contribution in [3.63, 3.8) is 0 Å². The van der Waals surface area contributed by atoms with Crippen molar-refractivity contribution < 1.29 is 9.21 Å². The first-order valence-corrected chi connectivity index (χ1v) is 9.31. The van der Waals surface area contributed by atoms with E-state index in [-0.39, 0.29) is 5.78 Å². The summed E-state index contributed by atoms with van der Waals surface area (Å²) in [7, 11) is 0. The highest BCUT2D eigenvalue weighted by Gasteiger charge is 2.18. The normalized spacial score (nSPS) is 10.9. The molecule has 0 spiro atoms. The predicted molar refractivity (Wildman–Crippen MR) is 104 cm³/mol. The average molecular weight is 367 g/mol. The minimum absolute atomic E-state index is 0.0883. The predicted octanol–water partition coefficient (Wildman–Crippen LogP) is 4.62. The zero-order valence-electron chi connectivity index (χ0n) is 15.2. The van der Waals surface area contributed by atoms with Gasteiger partial charge in [0.1, 0.15) is 5.76 Å². The van der Waals surface area contributed by atoms with Gasteiger partial charge in [-0.3, -0.25) is 9.36 Å². The molecule has 0 aliphatic rings. The Hall–Kier alpha value is -2.60. The van der Waals surface area contributed by atoms with Gasteiger partial charge >= 0.3 is 0 Å². The topological polar surface area (TPSA) is 60.9 Å². The lowest BCUT2D eigenvalue weighted by Gasteiger charge is -2.08. The fourth-order valence-corrected chi connectivity index (χ4v) is 3.58. The van der Waals surface area contributed by atoms with Gasteiger partial charge in [0.2, 0.25) is 0 Å². The quantitative estimate of drug-likeness (QED) is 0.346. The molecule has 0 fully saturated rings. The summed E-state index contributed by atoms with van der Waals surface area (Å²) in [6.45, 7) is 10.2. The molecule has 0 amide bonds. The zero-order chi connectivity index (χ0) is 18.7. The van der Waals surface area contributed by atoms with Gasteiger partial charge in [0.25, 0.3) is 0 Å². The Morgan fingerprint density at radius 3 is 2.77 bits per heavy atom. The van der Waals surface area contributed by atoms with Crippen LogP contribution in [0.1, 0.15) is 27.2 Å². The van der Waals surface area contributed by atoms with E-state index in [0.717, 1.165) is 33.8 Å². The summed E-state index contributed by atoms with van der Waals surface area (Å²) in [5.41, 5.74) is 3.73. The molecule has 5 nitrogen and oxygen atoms in total. The Bertz CT molecular complexity index is 956. The van der Waals surface area contributed by atoms with Crippen LogP contribution in [-0.2, 0) is 6.54 Å². The van der Waals surface area contributed by atoms with Crippen LogP contribution in [0.15, 0.2) is 52.8 Å². The number of allylic oxidation sites excluding steroid dienone is 1. The number of aryl methyl sites for hydroxylation is 3. The molecule has 0 radical (unpaired) electrons. The molecule has 0 N–H and O–H groups in total. The van der Waals surface area contributed by atoms with Gasteiger partial charge in [0.15, 0.2) is 16.8 Å². The Morgan fingerprint density at radius 2 is 2.08 bits per heavy atom. The molecule has 6 heteroatoms. The van der Waals surface area contributed by atoms with E-state index in [0.29, 0.717) is 17.5 Å². The molecule has 0 aliphatic heterocycles. The second-order valence-electron chi connectivity index (χ2n) is 6.13. The lowest BCUT2D eigenvalue weighted by molar-refractivity contribution is 0.102. The van der Waals surface area contributed by atoms with Gasteiger partial charge in [-0.25, -0.2) is 0 Å². The Morgan fingerprint density at radius 1 is 1.27 bits per heavy atom. The number of hydrogen-bond donors (Lipinski definition) is 0. The molecule has 134 valence electrons. The fraction of sp³-hybridized carbons (Fsp3) is 0.250. The third kappa shape index (κ3) is 3.65. The molecule has 3 rings (SSSR count). The van der Waals surface area contributed by atoms with Crippen LogP contribution in [0.2, 0.25) is 0 Å². The molecule has 2 aromatic heterocycles. The summed E-state index contributed by atoms with van der Waals surface area (Å²) in [6, 6.07) is 7.80. The van der Waals surface area contributed by atoms with Gasteiger partial charge in [-0.2, -0.15) is 0 Å². The number of ketones is 1. The number of benzene rings is 1. The van der Waals surface area contributed by atoms with Crippen molar-refractivity contribution in [2.24, 2.45) is 0 Å². The summed E-state index contributed by atoms with van der Waals surface area (Å²) in [6.07, 6.45) is 3.42. The second kappa shape index (κ2) is 7.74. The van der Waals surface area contributed by atoms with Gasteiger partial charge in [-0.15, -0.1) is 16.8 Å². The lowest BCUT2D eigenvalue weighted by atomic mass is 10.0.